The Morgan fingerprint density at radius 1 is 1.16 bits per heavy atom. The highest BCUT2D eigenvalue weighted by atomic mass is 19.4. The van der Waals surface area contributed by atoms with Crippen LogP contribution in [0, 0.1) is 0 Å². The van der Waals surface area contributed by atoms with Gasteiger partial charge in [-0.05, 0) is 37.3 Å². The number of hydrogen-bond acceptors (Lipinski definition) is 4. The predicted octanol–water partition coefficient (Wildman–Crippen LogP) is 3.84. The van der Waals surface area contributed by atoms with Crippen LogP contribution in [0.25, 0.3) is 0 Å². The van der Waals surface area contributed by atoms with Crippen LogP contribution < -0.4 is 5.32 Å². The molecule has 0 atom stereocenters. The van der Waals surface area contributed by atoms with E-state index in [0.717, 1.165) is 24.3 Å². The zero-order valence-corrected chi connectivity index (χ0v) is 13.1. The fourth-order valence-corrected chi connectivity index (χ4v) is 2.08. The van der Waals surface area contributed by atoms with Crippen LogP contribution in [0.4, 0.5) is 18.9 Å². The highest BCUT2D eigenvalue weighted by Crippen LogP contribution is 2.34. The van der Waals surface area contributed by atoms with E-state index in [0.29, 0.717) is 0 Å². The molecule has 0 heterocycles. The van der Waals surface area contributed by atoms with Crippen molar-refractivity contribution in [2.75, 3.05) is 11.9 Å². The first-order valence-corrected chi connectivity index (χ1v) is 7.21. The van der Waals surface area contributed by atoms with E-state index < -0.39 is 35.1 Å². The molecule has 0 saturated carbocycles. The van der Waals surface area contributed by atoms with Gasteiger partial charge in [0, 0.05) is 5.56 Å². The highest BCUT2D eigenvalue weighted by Gasteiger charge is 2.33. The van der Waals surface area contributed by atoms with Crippen molar-refractivity contribution >= 4 is 17.6 Å². The van der Waals surface area contributed by atoms with Crippen molar-refractivity contribution in [1.82, 2.24) is 0 Å². The van der Waals surface area contributed by atoms with Gasteiger partial charge in [0.2, 0.25) is 0 Å². The number of anilines is 1. The maximum Gasteiger partial charge on any atom is 0.418 e. The Kier molecular flexibility index (Phi) is 5.31. The number of alkyl halides is 3. The van der Waals surface area contributed by atoms with E-state index >= 15 is 0 Å². The van der Waals surface area contributed by atoms with E-state index in [2.05, 4.69) is 5.32 Å². The normalized spacial score (nSPS) is 11.0. The Morgan fingerprint density at radius 3 is 2.48 bits per heavy atom. The smallest absolute Gasteiger partial charge is 0.418 e. The van der Waals surface area contributed by atoms with Crippen LogP contribution in [-0.2, 0) is 10.9 Å². The van der Waals surface area contributed by atoms with Crippen LogP contribution >= 0.6 is 0 Å². The monoisotopic (exact) mass is 353 g/mol. The summed E-state index contributed by atoms with van der Waals surface area (Å²) in [6.45, 7) is 1.63. The number of amides is 1. The van der Waals surface area contributed by atoms with Gasteiger partial charge in [-0.1, -0.05) is 12.1 Å². The van der Waals surface area contributed by atoms with Gasteiger partial charge in [-0.15, -0.1) is 0 Å². The fraction of sp³-hybridized carbons (Fsp3) is 0.176. The second-order valence-electron chi connectivity index (χ2n) is 4.95. The van der Waals surface area contributed by atoms with E-state index in [4.69, 9.17) is 4.74 Å². The molecule has 5 nitrogen and oxygen atoms in total. The van der Waals surface area contributed by atoms with Gasteiger partial charge in [0.25, 0.3) is 5.91 Å². The zero-order valence-electron chi connectivity index (χ0n) is 13.1. The number of carbonyl (C=O) groups is 2. The van der Waals surface area contributed by atoms with Crippen molar-refractivity contribution in [3.63, 3.8) is 0 Å². The van der Waals surface area contributed by atoms with Crippen LogP contribution in [-0.4, -0.2) is 23.6 Å². The molecule has 0 aromatic heterocycles. The zero-order chi connectivity index (χ0) is 18.6. The van der Waals surface area contributed by atoms with Crippen molar-refractivity contribution in [2.45, 2.75) is 13.1 Å². The summed E-state index contributed by atoms with van der Waals surface area (Å²) in [4.78, 5) is 23.9. The lowest BCUT2D eigenvalue weighted by atomic mass is 10.1. The molecule has 2 aromatic rings. The molecule has 0 bridgehead atoms. The Balaban J connectivity index is 2.31. The third-order valence-corrected chi connectivity index (χ3v) is 3.23. The standard InChI is InChI=1S/C17H14F3NO4/c1-2-25-16(24)11-9-10(7-8-14(11)22)15(23)21-13-6-4-3-5-12(13)17(18,19)20/h3-9,22H,2H2,1H3,(H,21,23). The number of carbonyl (C=O) groups excluding carboxylic acids is 2. The Morgan fingerprint density at radius 2 is 1.84 bits per heavy atom. The number of hydrogen-bond donors (Lipinski definition) is 2. The molecule has 8 heteroatoms. The number of ether oxygens (including phenoxy) is 1. The van der Waals surface area contributed by atoms with E-state index in [1.54, 1.807) is 6.92 Å². The summed E-state index contributed by atoms with van der Waals surface area (Å²) < 4.78 is 43.6. The predicted molar refractivity (Wildman–Crippen MR) is 83.5 cm³/mol. The lowest BCUT2D eigenvalue weighted by molar-refractivity contribution is -0.136. The van der Waals surface area contributed by atoms with Crippen LogP contribution in [0.15, 0.2) is 42.5 Å². The Labute approximate surface area is 141 Å². The fourth-order valence-electron chi connectivity index (χ4n) is 2.08. The average molecular weight is 353 g/mol. The first kappa shape index (κ1) is 18.3. The molecule has 2 rings (SSSR count). The summed E-state index contributed by atoms with van der Waals surface area (Å²) in [5, 5.41) is 11.8. The number of phenolic OH excluding ortho intramolecular Hbond substituents is 1. The summed E-state index contributed by atoms with van der Waals surface area (Å²) in [6, 6.07) is 7.85. The van der Waals surface area contributed by atoms with Crippen molar-refractivity contribution in [1.29, 1.82) is 0 Å². The lowest BCUT2D eigenvalue weighted by Gasteiger charge is -2.14. The second-order valence-corrected chi connectivity index (χ2v) is 4.95. The van der Waals surface area contributed by atoms with Gasteiger partial charge < -0.3 is 15.2 Å². The summed E-state index contributed by atoms with van der Waals surface area (Å²) in [5.74, 6) is -2.10. The van der Waals surface area contributed by atoms with Gasteiger partial charge in [-0.2, -0.15) is 13.2 Å². The number of phenols is 1. The molecule has 0 aliphatic heterocycles. The van der Waals surface area contributed by atoms with E-state index in [-0.39, 0.29) is 17.7 Å². The number of aromatic hydroxyl groups is 1. The van der Waals surface area contributed by atoms with Crippen LogP contribution in [0.2, 0.25) is 0 Å². The number of esters is 1. The number of para-hydroxylation sites is 1. The van der Waals surface area contributed by atoms with E-state index in [1.807, 2.05) is 0 Å². The molecule has 132 valence electrons. The lowest BCUT2D eigenvalue weighted by Crippen LogP contribution is -2.17. The SMILES string of the molecule is CCOC(=O)c1cc(C(=O)Nc2ccccc2C(F)(F)F)ccc1O. The molecule has 1 amide bonds. The largest absolute Gasteiger partial charge is 0.507 e. The molecular formula is C17H14F3NO4. The van der Waals surface area contributed by atoms with Crippen molar-refractivity contribution in [3.8, 4) is 5.75 Å². The first-order chi connectivity index (χ1) is 11.7. The number of nitrogens with one attached hydrogen (secondary N) is 1. The molecule has 0 saturated heterocycles. The Bertz CT molecular complexity index is 803. The van der Waals surface area contributed by atoms with Gasteiger partial charge >= 0.3 is 12.1 Å². The van der Waals surface area contributed by atoms with Gasteiger partial charge in [-0.25, -0.2) is 4.79 Å². The minimum atomic E-state index is -4.63. The minimum absolute atomic E-state index is 0.0632. The molecule has 0 radical (unpaired) electrons. The van der Waals surface area contributed by atoms with Crippen LogP contribution in [0.3, 0.4) is 0 Å². The number of benzene rings is 2. The maximum atomic E-state index is 13.0. The molecule has 0 aliphatic carbocycles. The van der Waals surface area contributed by atoms with Crippen molar-refractivity contribution in [3.05, 3.63) is 59.2 Å². The molecule has 25 heavy (non-hydrogen) atoms. The van der Waals surface area contributed by atoms with Crippen LogP contribution in [0.5, 0.6) is 5.75 Å². The molecule has 0 fully saturated rings. The van der Waals surface area contributed by atoms with Gasteiger partial charge in [0.05, 0.1) is 17.9 Å². The topological polar surface area (TPSA) is 75.6 Å². The van der Waals surface area contributed by atoms with Gasteiger partial charge in [-0.3, -0.25) is 4.79 Å². The quantitative estimate of drug-likeness (QED) is 0.819. The average Bonchev–Trinajstić information content (AvgIpc) is 2.54. The third-order valence-electron chi connectivity index (χ3n) is 3.23. The maximum absolute atomic E-state index is 13.0. The summed E-state index contributed by atoms with van der Waals surface area (Å²) in [6.07, 6.45) is -4.63. The molecule has 2 aromatic carbocycles. The van der Waals surface area contributed by atoms with Gasteiger partial charge in [0.1, 0.15) is 11.3 Å². The van der Waals surface area contributed by atoms with E-state index in [9.17, 15) is 27.9 Å². The number of rotatable bonds is 4. The highest BCUT2D eigenvalue weighted by molar-refractivity contribution is 6.06. The number of halogens is 3. The van der Waals surface area contributed by atoms with Crippen LogP contribution in [0.1, 0.15) is 33.2 Å². The van der Waals surface area contributed by atoms with E-state index in [1.165, 1.54) is 18.2 Å². The molecular weight excluding hydrogens is 339 g/mol. The Hall–Kier alpha value is -3.03. The molecule has 0 aliphatic rings. The summed E-state index contributed by atoms with van der Waals surface area (Å²) >= 11 is 0. The second kappa shape index (κ2) is 7.25. The minimum Gasteiger partial charge on any atom is -0.507 e. The third kappa shape index (κ3) is 4.28. The van der Waals surface area contributed by atoms with Gasteiger partial charge in [0.15, 0.2) is 0 Å². The summed E-state index contributed by atoms with van der Waals surface area (Å²) in [5.41, 5.74) is -1.75. The van der Waals surface area contributed by atoms with Crippen molar-refractivity contribution < 1.29 is 32.6 Å². The first-order valence-electron chi connectivity index (χ1n) is 7.21. The molecule has 0 spiro atoms. The summed E-state index contributed by atoms with van der Waals surface area (Å²) in [7, 11) is 0. The van der Waals surface area contributed by atoms with Crippen molar-refractivity contribution in [2.24, 2.45) is 0 Å². The molecule has 2 N–H and O–H groups in total. The molecule has 0 unspecified atom stereocenters.